The molecule has 4 nitrogen and oxygen atoms in total. The van der Waals surface area contributed by atoms with Gasteiger partial charge in [-0.15, -0.1) is 0 Å². The van der Waals surface area contributed by atoms with E-state index in [0.717, 1.165) is 5.56 Å². The topological polar surface area (TPSA) is 66.9 Å². The SMILES string of the molecule is CC(C(C#N)c1ccccc1)C(C)[N+](=O)[O-]. The minimum absolute atomic E-state index is 0.303. The Hall–Kier alpha value is -1.89. The molecule has 16 heavy (non-hydrogen) atoms. The summed E-state index contributed by atoms with van der Waals surface area (Å²) >= 11 is 0. The van der Waals surface area contributed by atoms with Gasteiger partial charge in [0, 0.05) is 17.8 Å². The first-order valence-electron chi connectivity index (χ1n) is 5.16. The van der Waals surface area contributed by atoms with Gasteiger partial charge in [0.15, 0.2) is 0 Å². The van der Waals surface area contributed by atoms with Crippen molar-refractivity contribution >= 4 is 0 Å². The summed E-state index contributed by atoms with van der Waals surface area (Å²) in [5.41, 5.74) is 0.839. The molecule has 0 aliphatic carbocycles. The van der Waals surface area contributed by atoms with Gasteiger partial charge < -0.3 is 0 Å². The Kier molecular flexibility index (Phi) is 4.01. The van der Waals surface area contributed by atoms with Crippen molar-refractivity contribution in [3.8, 4) is 6.07 Å². The average molecular weight is 218 g/mol. The van der Waals surface area contributed by atoms with Crippen molar-refractivity contribution in [3.63, 3.8) is 0 Å². The van der Waals surface area contributed by atoms with E-state index < -0.39 is 12.0 Å². The lowest BCUT2D eigenvalue weighted by Gasteiger charge is -2.18. The van der Waals surface area contributed by atoms with Gasteiger partial charge in [0.2, 0.25) is 6.04 Å². The predicted octanol–water partition coefficient (Wildman–Crippen LogP) is 2.60. The van der Waals surface area contributed by atoms with Crippen LogP contribution in [0.5, 0.6) is 0 Å². The van der Waals surface area contributed by atoms with Crippen molar-refractivity contribution in [2.75, 3.05) is 0 Å². The summed E-state index contributed by atoms with van der Waals surface area (Å²) in [6, 6.07) is 10.6. The summed E-state index contributed by atoms with van der Waals surface area (Å²) in [6.07, 6.45) is 0. The lowest BCUT2D eigenvalue weighted by Crippen LogP contribution is -2.28. The summed E-state index contributed by atoms with van der Waals surface area (Å²) in [5.74, 6) is -0.732. The molecule has 0 aliphatic rings. The molecule has 0 saturated carbocycles. The van der Waals surface area contributed by atoms with E-state index in [1.165, 1.54) is 6.92 Å². The lowest BCUT2D eigenvalue weighted by atomic mass is 9.84. The fourth-order valence-corrected chi connectivity index (χ4v) is 1.63. The van der Waals surface area contributed by atoms with Gasteiger partial charge in [-0.25, -0.2) is 0 Å². The molecule has 0 heterocycles. The number of hydrogen-bond acceptors (Lipinski definition) is 3. The molecule has 1 aromatic rings. The standard InChI is InChI=1S/C12H14N2O2/c1-9(10(2)14(15)16)12(8-13)11-6-4-3-5-7-11/h3-7,9-10,12H,1-2H3. The molecule has 0 bridgehead atoms. The molecule has 0 radical (unpaired) electrons. The van der Waals surface area contributed by atoms with E-state index in [2.05, 4.69) is 6.07 Å². The fraction of sp³-hybridized carbons (Fsp3) is 0.417. The third-order valence-corrected chi connectivity index (χ3v) is 2.92. The summed E-state index contributed by atoms with van der Waals surface area (Å²) in [7, 11) is 0. The van der Waals surface area contributed by atoms with Gasteiger partial charge in [-0.05, 0) is 5.56 Å². The maximum absolute atomic E-state index is 10.7. The second kappa shape index (κ2) is 5.26. The Bertz CT molecular complexity index is 397. The molecule has 4 heteroatoms. The Morgan fingerprint density at radius 1 is 1.31 bits per heavy atom. The van der Waals surface area contributed by atoms with Crippen molar-refractivity contribution in [3.05, 3.63) is 46.0 Å². The fourth-order valence-electron chi connectivity index (χ4n) is 1.63. The highest BCUT2D eigenvalue weighted by atomic mass is 16.6. The van der Waals surface area contributed by atoms with Crippen LogP contribution in [0.4, 0.5) is 0 Å². The van der Waals surface area contributed by atoms with E-state index >= 15 is 0 Å². The lowest BCUT2D eigenvalue weighted by molar-refractivity contribution is -0.527. The van der Waals surface area contributed by atoms with Gasteiger partial charge >= 0.3 is 0 Å². The molecule has 1 rings (SSSR count). The molecular formula is C12H14N2O2. The largest absolute Gasteiger partial charge is 0.264 e. The van der Waals surface area contributed by atoms with E-state index in [4.69, 9.17) is 5.26 Å². The number of nitriles is 1. The molecule has 0 N–H and O–H groups in total. The molecule has 0 saturated heterocycles. The molecular weight excluding hydrogens is 204 g/mol. The van der Waals surface area contributed by atoms with Crippen molar-refractivity contribution in [1.29, 1.82) is 5.26 Å². The summed E-state index contributed by atoms with van der Waals surface area (Å²) in [6.45, 7) is 3.28. The molecule has 0 amide bonds. The zero-order chi connectivity index (χ0) is 12.1. The molecule has 3 atom stereocenters. The zero-order valence-electron chi connectivity index (χ0n) is 9.33. The van der Waals surface area contributed by atoms with Crippen LogP contribution in [0.2, 0.25) is 0 Å². The Balaban J connectivity index is 2.92. The van der Waals surface area contributed by atoms with Crippen LogP contribution >= 0.6 is 0 Å². The highest BCUT2D eigenvalue weighted by Gasteiger charge is 2.30. The van der Waals surface area contributed by atoms with Crippen LogP contribution in [0.3, 0.4) is 0 Å². The molecule has 3 unspecified atom stereocenters. The molecule has 1 aromatic carbocycles. The number of hydrogen-bond donors (Lipinski definition) is 0. The van der Waals surface area contributed by atoms with Crippen LogP contribution in [0.25, 0.3) is 0 Å². The second-order valence-electron chi connectivity index (χ2n) is 3.90. The molecule has 0 spiro atoms. The monoisotopic (exact) mass is 218 g/mol. The first-order chi connectivity index (χ1) is 7.57. The first kappa shape index (κ1) is 12.2. The summed E-state index contributed by atoms with van der Waals surface area (Å²) in [5, 5.41) is 19.8. The number of nitro groups is 1. The van der Waals surface area contributed by atoms with Gasteiger partial charge in [-0.1, -0.05) is 37.3 Å². The van der Waals surface area contributed by atoms with Crippen LogP contribution in [-0.4, -0.2) is 11.0 Å². The third kappa shape index (κ3) is 2.57. The molecule has 84 valence electrons. The van der Waals surface area contributed by atoms with E-state index in [-0.39, 0.29) is 10.8 Å². The summed E-state index contributed by atoms with van der Waals surface area (Å²) < 4.78 is 0. The Labute approximate surface area is 94.7 Å². The van der Waals surface area contributed by atoms with Crippen molar-refractivity contribution < 1.29 is 4.92 Å². The van der Waals surface area contributed by atoms with Gasteiger partial charge in [-0.2, -0.15) is 5.26 Å². The van der Waals surface area contributed by atoms with Gasteiger partial charge in [0.1, 0.15) is 0 Å². The van der Waals surface area contributed by atoms with Gasteiger partial charge in [-0.3, -0.25) is 10.1 Å². The highest BCUT2D eigenvalue weighted by Crippen LogP contribution is 2.27. The minimum Gasteiger partial charge on any atom is -0.264 e. The van der Waals surface area contributed by atoms with Crippen LogP contribution in [0, 0.1) is 27.4 Å². The number of benzene rings is 1. The minimum atomic E-state index is -0.718. The van der Waals surface area contributed by atoms with E-state index in [9.17, 15) is 10.1 Å². The normalized spacial score (nSPS) is 15.8. The molecule has 0 aliphatic heterocycles. The van der Waals surface area contributed by atoms with Crippen molar-refractivity contribution in [2.45, 2.75) is 25.8 Å². The first-order valence-corrected chi connectivity index (χ1v) is 5.16. The maximum atomic E-state index is 10.7. The third-order valence-electron chi connectivity index (χ3n) is 2.92. The van der Waals surface area contributed by atoms with Crippen LogP contribution in [0.1, 0.15) is 25.3 Å². The second-order valence-corrected chi connectivity index (χ2v) is 3.90. The maximum Gasteiger partial charge on any atom is 0.214 e. The quantitative estimate of drug-likeness (QED) is 0.576. The van der Waals surface area contributed by atoms with Crippen LogP contribution in [0.15, 0.2) is 30.3 Å². The average Bonchev–Trinajstić information content (AvgIpc) is 2.30. The summed E-state index contributed by atoms with van der Waals surface area (Å²) in [4.78, 5) is 10.4. The molecule has 0 aromatic heterocycles. The smallest absolute Gasteiger partial charge is 0.214 e. The van der Waals surface area contributed by atoms with Crippen LogP contribution in [-0.2, 0) is 0 Å². The van der Waals surface area contributed by atoms with E-state index in [1.807, 2.05) is 30.3 Å². The van der Waals surface area contributed by atoms with Crippen LogP contribution < -0.4 is 0 Å². The van der Waals surface area contributed by atoms with E-state index in [1.54, 1.807) is 6.92 Å². The Morgan fingerprint density at radius 2 is 1.88 bits per heavy atom. The van der Waals surface area contributed by atoms with E-state index in [0.29, 0.717) is 0 Å². The zero-order valence-corrected chi connectivity index (χ0v) is 9.33. The Morgan fingerprint density at radius 3 is 2.31 bits per heavy atom. The van der Waals surface area contributed by atoms with Crippen molar-refractivity contribution in [1.82, 2.24) is 0 Å². The highest BCUT2D eigenvalue weighted by molar-refractivity contribution is 5.25. The van der Waals surface area contributed by atoms with Gasteiger partial charge in [0.25, 0.3) is 0 Å². The van der Waals surface area contributed by atoms with Gasteiger partial charge in [0.05, 0.1) is 12.0 Å². The van der Waals surface area contributed by atoms with Crippen molar-refractivity contribution in [2.24, 2.45) is 5.92 Å². The number of nitrogens with zero attached hydrogens (tertiary/aromatic N) is 2. The number of rotatable bonds is 4. The predicted molar refractivity (Wildman–Crippen MR) is 60.4 cm³/mol. The molecule has 0 fully saturated rings.